The fourth-order valence-corrected chi connectivity index (χ4v) is 3.19. The first-order valence-corrected chi connectivity index (χ1v) is 7.63. The SMILES string of the molecule is CC(=O)Nc1cccc(C(=O)N2CCSCC2C(=O)O)c1. The molecule has 1 fully saturated rings. The number of carboxylic acid groups (broad SMARTS) is 1. The largest absolute Gasteiger partial charge is 0.480 e. The Hall–Kier alpha value is -2.02. The molecule has 7 heteroatoms. The molecule has 2 rings (SSSR count). The average molecular weight is 308 g/mol. The lowest BCUT2D eigenvalue weighted by molar-refractivity contribution is -0.141. The molecule has 2 N–H and O–H groups in total. The predicted octanol–water partition coefficient (Wildman–Crippen LogP) is 1.29. The third kappa shape index (κ3) is 3.75. The Morgan fingerprint density at radius 1 is 1.38 bits per heavy atom. The van der Waals surface area contributed by atoms with Gasteiger partial charge in [-0.3, -0.25) is 9.59 Å². The van der Waals surface area contributed by atoms with Gasteiger partial charge in [0.05, 0.1) is 0 Å². The molecular formula is C14H16N2O4S. The maximum absolute atomic E-state index is 12.5. The van der Waals surface area contributed by atoms with E-state index in [0.29, 0.717) is 23.5 Å². The number of benzene rings is 1. The van der Waals surface area contributed by atoms with Gasteiger partial charge in [0.15, 0.2) is 0 Å². The molecule has 0 radical (unpaired) electrons. The van der Waals surface area contributed by atoms with Crippen LogP contribution >= 0.6 is 11.8 Å². The van der Waals surface area contributed by atoms with Crippen LogP contribution in [0.4, 0.5) is 5.69 Å². The Morgan fingerprint density at radius 2 is 2.14 bits per heavy atom. The lowest BCUT2D eigenvalue weighted by atomic mass is 10.1. The van der Waals surface area contributed by atoms with Gasteiger partial charge in [0, 0.05) is 36.2 Å². The van der Waals surface area contributed by atoms with Gasteiger partial charge in [0.1, 0.15) is 6.04 Å². The number of amides is 2. The van der Waals surface area contributed by atoms with E-state index in [1.165, 1.54) is 23.6 Å². The number of rotatable bonds is 3. The molecule has 0 aromatic heterocycles. The van der Waals surface area contributed by atoms with Crippen LogP contribution < -0.4 is 5.32 Å². The number of nitrogens with one attached hydrogen (secondary N) is 1. The lowest BCUT2D eigenvalue weighted by Gasteiger charge is -2.32. The Morgan fingerprint density at radius 3 is 2.81 bits per heavy atom. The van der Waals surface area contributed by atoms with Crippen LogP contribution in [-0.2, 0) is 9.59 Å². The average Bonchev–Trinajstić information content (AvgIpc) is 2.46. The van der Waals surface area contributed by atoms with Gasteiger partial charge in [-0.05, 0) is 18.2 Å². The minimum absolute atomic E-state index is 0.225. The molecular weight excluding hydrogens is 292 g/mol. The fourth-order valence-electron chi connectivity index (χ4n) is 2.15. The van der Waals surface area contributed by atoms with E-state index in [4.69, 9.17) is 0 Å². The van der Waals surface area contributed by atoms with E-state index in [9.17, 15) is 19.5 Å². The van der Waals surface area contributed by atoms with Crippen LogP contribution in [0, 0.1) is 0 Å². The highest BCUT2D eigenvalue weighted by Crippen LogP contribution is 2.20. The summed E-state index contributed by atoms with van der Waals surface area (Å²) in [5.41, 5.74) is 0.894. The highest BCUT2D eigenvalue weighted by Gasteiger charge is 2.32. The maximum atomic E-state index is 12.5. The fraction of sp³-hybridized carbons (Fsp3) is 0.357. The Kier molecular flexibility index (Phi) is 4.85. The number of thioether (sulfide) groups is 1. The van der Waals surface area contributed by atoms with Gasteiger partial charge in [-0.2, -0.15) is 11.8 Å². The molecule has 1 aromatic carbocycles. The Balaban J connectivity index is 2.22. The van der Waals surface area contributed by atoms with Crippen molar-refractivity contribution in [3.05, 3.63) is 29.8 Å². The minimum atomic E-state index is -0.992. The zero-order valence-corrected chi connectivity index (χ0v) is 12.4. The summed E-state index contributed by atoms with van der Waals surface area (Å²) in [5.74, 6) is -0.422. The molecule has 1 aromatic rings. The molecule has 1 atom stereocenters. The zero-order chi connectivity index (χ0) is 15.4. The van der Waals surface area contributed by atoms with Gasteiger partial charge in [0.25, 0.3) is 5.91 Å². The van der Waals surface area contributed by atoms with Crippen LogP contribution in [0.3, 0.4) is 0 Å². The van der Waals surface area contributed by atoms with Crippen molar-refractivity contribution in [2.45, 2.75) is 13.0 Å². The number of nitrogens with zero attached hydrogens (tertiary/aromatic N) is 1. The van der Waals surface area contributed by atoms with E-state index in [0.717, 1.165) is 5.75 Å². The van der Waals surface area contributed by atoms with Gasteiger partial charge in [-0.25, -0.2) is 4.79 Å². The summed E-state index contributed by atoms with van der Waals surface area (Å²) in [4.78, 5) is 36.2. The second-order valence-corrected chi connectivity index (χ2v) is 5.84. The first-order valence-electron chi connectivity index (χ1n) is 6.48. The van der Waals surface area contributed by atoms with Gasteiger partial charge in [0.2, 0.25) is 5.91 Å². The molecule has 1 aliphatic rings. The highest BCUT2D eigenvalue weighted by atomic mass is 32.2. The van der Waals surface area contributed by atoms with Crippen LogP contribution in [-0.4, -0.2) is 51.9 Å². The molecule has 0 saturated carbocycles. The summed E-state index contributed by atoms with van der Waals surface area (Å²) >= 11 is 1.53. The third-order valence-corrected chi connectivity index (χ3v) is 4.13. The highest BCUT2D eigenvalue weighted by molar-refractivity contribution is 7.99. The molecule has 0 spiro atoms. The van der Waals surface area contributed by atoms with Crippen molar-refractivity contribution in [3.8, 4) is 0 Å². The van der Waals surface area contributed by atoms with Crippen molar-refractivity contribution in [2.24, 2.45) is 0 Å². The number of hydrogen-bond donors (Lipinski definition) is 2. The van der Waals surface area contributed by atoms with Crippen LogP contribution in [0.2, 0.25) is 0 Å². The number of carboxylic acids is 1. The molecule has 2 amide bonds. The zero-order valence-electron chi connectivity index (χ0n) is 11.5. The van der Waals surface area contributed by atoms with Gasteiger partial charge >= 0.3 is 5.97 Å². The predicted molar refractivity (Wildman–Crippen MR) is 80.5 cm³/mol. The molecule has 0 bridgehead atoms. The molecule has 112 valence electrons. The normalized spacial score (nSPS) is 18.1. The molecule has 21 heavy (non-hydrogen) atoms. The quantitative estimate of drug-likeness (QED) is 0.878. The number of anilines is 1. The minimum Gasteiger partial charge on any atom is -0.480 e. The first-order chi connectivity index (χ1) is 9.99. The summed E-state index contributed by atoms with van der Waals surface area (Å²) in [5, 5.41) is 11.8. The summed E-state index contributed by atoms with van der Waals surface area (Å²) < 4.78 is 0. The van der Waals surface area contributed by atoms with Crippen molar-refractivity contribution in [2.75, 3.05) is 23.4 Å². The van der Waals surface area contributed by atoms with E-state index in [2.05, 4.69) is 5.32 Å². The van der Waals surface area contributed by atoms with E-state index in [-0.39, 0.29) is 11.8 Å². The van der Waals surface area contributed by atoms with E-state index in [1.807, 2.05) is 0 Å². The number of aliphatic carboxylic acids is 1. The summed E-state index contributed by atoms with van der Waals surface area (Å²) in [6.07, 6.45) is 0. The van der Waals surface area contributed by atoms with Crippen molar-refractivity contribution in [1.29, 1.82) is 0 Å². The standard InChI is InChI=1S/C14H16N2O4S/c1-9(17)15-11-4-2-3-10(7-11)13(18)16-5-6-21-8-12(16)14(19)20/h2-4,7,12H,5-6,8H2,1H3,(H,15,17)(H,19,20). The molecule has 1 aliphatic heterocycles. The van der Waals surface area contributed by atoms with E-state index < -0.39 is 12.0 Å². The third-order valence-electron chi connectivity index (χ3n) is 3.10. The second-order valence-electron chi connectivity index (χ2n) is 4.69. The molecule has 1 saturated heterocycles. The van der Waals surface area contributed by atoms with Crippen LogP contribution in [0.25, 0.3) is 0 Å². The summed E-state index contributed by atoms with van der Waals surface area (Å²) in [7, 11) is 0. The van der Waals surface area contributed by atoms with E-state index >= 15 is 0 Å². The number of carbonyl (C=O) groups excluding carboxylic acids is 2. The van der Waals surface area contributed by atoms with Crippen molar-refractivity contribution in [3.63, 3.8) is 0 Å². The second kappa shape index (κ2) is 6.62. The Labute approximate surface area is 126 Å². The Bertz CT molecular complexity index is 576. The van der Waals surface area contributed by atoms with Gasteiger partial charge in [-0.15, -0.1) is 0 Å². The first kappa shape index (κ1) is 15.4. The summed E-state index contributed by atoms with van der Waals surface area (Å²) in [6.45, 7) is 1.79. The molecule has 1 unspecified atom stereocenters. The maximum Gasteiger partial charge on any atom is 0.327 e. The van der Waals surface area contributed by atoms with Crippen LogP contribution in [0.5, 0.6) is 0 Å². The topological polar surface area (TPSA) is 86.7 Å². The summed E-state index contributed by atoms with van der Waals surface area (Å²) in [6, 6.07) is 5.71. The van der Waals surface area contributed by atoms with Crippen molar-refractivity contribution in [1.82, 2.24) is 4.90 Å². The monoisotopic (exact) mass is 308 g/mol. The van der Waals surface area contributed by atoms with Crippen molar-refractivity contribution >= 4 is 35.2 Å². The molecule has 0 aliphatic carbocycles. The lowest BCUT2D eigenvalue weighted by Crippen LogP contribution is -2.50. The van der Waals surface area contributed by atoms with Crippen LogP contribution in [0.15, 0.2) is 24.3 Å². The van der Waals surface area contributed by atoms with E-state index in [1.54, 1.807) is 24.3 Å². The van der Waals surface area contributed by atoms with Crippen LogP contribution in [0.1, 0.15) is 17.3 Å². The number of carbonyl (C=O) groups is 3. The van der Waals surface area contributed by atoms with Crippen molar-refractivity contribution < 1.29 is 19.5 Å². The molecule has 1 heterocycles. The smallest absolute Gasteiger partial charge is 0.327 e. The number of hydrogen-bond acceptors (Lipinski definition) is 4. The van der Waals surface area contributed by atoms with Gasteiger partial charge in [-0.1, -0.05) is 6.07 Å². The van der Waals surface area contributed by atoms with Gasteiger partial charge < -0.3 is 15.3 Å². The molecule has 6 nitrogen and oxygen atoms in total.